The standard InChI is InChI=1S/C17H19NO3/c1-3-18(13(2)17(19)20)14-9-11-16(12-10-14)21-15-7-5-4-6-8-15/h4-13H,3H2,1-2H3,(H,19,20)/t13-/m0/s1. The highest BCUT2D eigenvalue weighted by atomic mass is 16.5. The summed E-state index contributed by atoms with van der Waals surface area (Å²) in [7, 11) is 0. The number of para-hydroxylation sites is 1. The van der Waals surface area contributed by atoms with Crippen molar-refractivity contribution in [3.63, 3.8) is 0 Å². The van der Waals surface area contributed by atoms with E-state index in [1.807, 2.05) is 66.4 Å². The van der Waals surface area contributed by atoms with E-state index in [2.05, 4.69) is 0 Å². The number of aliphatic carboxylic acids is 1. The highest BCUT2D eigenvalue weighted by molar-refractivity contribution is 5.77. The molecule has 110 valence electrons. The summed E-state index contributed by atoms with van der Waals surface area (Å²) in [5.74, 6) is 0.668. The molecule has 0 aromatic heterocycles. The summed E-state index contributed by atoms with van der Waals surface area (Å²) in [6.07, 6.45) is 0. The zero-order valence-corrected chi connectivity index (χ0v) is 12.2. The van der Waals surface area contributed by atoms with Crippen molar-refractivity contribution in [3.8, 4) is 11.5 Å². The maximum atomic E-state index is 11.1. The molecule has 4 heteroatoms. The first kappa shape index (κ1) is 14.9. The lowest BCUT2D eigenvalue weighted by Crippen LogP contribution is -2.38. The minimum absolute atomic E-state index is 0.559. The van der Waals surface area contributed by atoms with Gasteiger partial charge in [-0.1, -0.05) is 18.2 Å². The Hall–Kier alpha value is -2.49. The van der Waals surface area contributed by atoms with E-state index in [0.717, 1.165) is 17.2 Å². The van der Waals surface area contributed by atoms with Crippen LogP contribution in [0.5, 0.6) is 11.5 Å². The van der Waals surface area contributed by atoms with Crippen LogP contribution in [0.25, 0.3) is 0 Å². The number of hydrogen-bond acceptors (Lipinski definition) is 3. The van der Waals surface area contributed by atoms with Gasteiger partial charge < -0.3 is 14.7 Å². The smallest absolute Gasteiger partial charge is 0.326 e. The molecule has 0 saturated heterocycles. The molecule has 1 atom stereocenters. The number of likely N-dealkylation sites (N-methyl/N-ethyl adjacent to an activating group) is 1. The van der Waals surface area contributed by atoms with E-state index in [4.69, 9.17) is 9.84 Å². The number of carboxylic acid groups (broad SMARTS) is 1. The molecule has 4 nitrogen and oxygen atoms in total. The van der Waals surface area contributed by atoms with Crippen LogP contribution < -0.4 is 9.64 Å². The van der Waals surface area contributed by atoms with Crippen molar-refractivity contribution < 1.29 is 14.6 Å². The molecule has 0 heterocycles. The lowest BCUT2D eigenvalue weighted by Gasteiger charge is -2.27. The Bertz CT molecular complexity index is 581. The van der Waals surface area contributed by atoms with Gasteiger partial charge in [0.25, 0.3) is 0 Å². The number of ether oxygens (including phenoxy) is 1. The quantitative estimate of drug-likeness (QED) is 0.877. The molecule has 0 unspecified atom stereocenters. The van der Waals surface area contributed by atoms with Gasteiger partial charge in [0.1, 0.15) is 17.5 Å². The molecule has 0 aliphatic heterocycles. The minimum Gasteiger partial charge on any atom is -0.480 e. The molecule has 0 spiro atoms. The Morgan fingerprint density at radius 3 is 2.19 bits per heavy atom. The fourth-order valence-corrected chi connectivity index (χ4v) is 2.14. The molecule has 1 N–H and O–H groups in total. The van der Waals surface area contributed by atoms with Gasteiger partial charge in [0.2, 0.25) is 0 Å². The summed E-state index contributed by atoms with van der Waals surface area (Å²) in [4.78, 5) is 12.9. The molecule has 0 saturated carbocycles. The van der Waals surface area contributed by atoms with Crippen molar-refractivity contribution in [2.75, 3.05) is 11.4 Å². The summed E-state index contributed by atoms with van der Waals surface area (Å²) in [5.41, 5.74) is 0.868. The van der Waals surface area contributed by atoms with E-state index in [1.54, 1.807) is 6.92 Å². The number of anilines is 1. The Balaban J connectivity index is 2.12. The lowest BCUT2D eigenvalue weighted by atomic mass is 10.2. The largest absolute Gasteiger partial charge is 0.480 e. The molecule has 0 aliphatic rings. The molecule has 0 fully saturated rings. The van der Waals surface area contributed by atoms with Crippen molar-refractivity contribution in [2.45, 2.75) is 19.9 Å². The Morgan fingerprint density at radius 1 is 1.10 bits per heavy atom. The van der Waals surface area contributed by atoms with E-state index >= 15 is 0 Å². The second kappa shape index (κ2) is 6.79. The molecular weight excluding hydrogens is 266 g/mol. The predicted molar refractivity (Wildman–Crippen MR) is 83.1 cm³/mol. The van der Waals surface area contributed by atoms with Crippen LogP contribution in [0, 0.1) is 0 Å². The highest BCUT2D eigenvalue weighted by Crippen LogP contribution is 2.25. The van der Waals surface area contributed by atoms with Crippen molar-refractivity contribution in [1.82, 2.24) is 0 Å². The van der Waals surface area contributed by atoms with E-state index in [1.165, 1.54) is 0 Å². The average molecular weight is 285 g/mol. The van der Waals surface area contributed by atoms with Gasteiger partial charge >= 0.3 is 5.97 Å². The highest BCUT2D eigenvalue weighted by Gasteiger charge is 2.19. The van der Waals surface area contributed by atoms with E-state index in [0.29, 0.717) is 6.54 Å². The second-order valence-corrected chi connectivity index (χ2v) is 4.71. The third-order valence-corrected chi connectivity index (χ3v) is 3.31. The first-order chi connectivity index (χ1) is 10.1. The molecule has 2 aromatic carbocycles. The molecule has 0 bridgehead atoms. The molecule has 0 amide bonds. The Kier molecular flexibility index (Phi) is 4.82. The lowest BCUT2D eigenvalue weighted by molar-refractivity contribution is -0.138. The molecule has 2 rings (SSSR count). The topological polar surface area (TPSA) is 49.8 Å². The molecule has 21 heavy (non-hydrogen) atoms. The van der Waals surface area contributed by atoms with Crippen LogP contribution in [0.3, 0.4) is 0 Å². The van der Waals surface area contributed by atoms with Crippen LogP contribution in [-0.2, 0) is 4.79 Å². The number of carbonyl (C=O) groups is 1. The fraction of sp³-hybridized carbons (Fsp3) is 0.235. The third-order valence-electron chi connectivity index (χ3n) is 3.31. The average Bonchev–Trinajstić information content (AvgIpc) is 2.50. The molecule has 0 aliphatic carbocycles. The van der Waals surface area contributed by atoms with Crippen LogP contribution in [0.1, 0.15) is 13.8 Å². The van der Waals surface area contributed by atoms with Crippen LogP contribution in [0.15, 0.2) is 54.6 Å². The summed E-state index contributed by atoms with van der Waals surface area (Å²) in [6.45, 7) is 4.25. The zero-order valence-electron chi connectivity index (χ0n) is 12.2. The number of rotatable bonds is 6. The monoisotopic (exact) mass is 285 g/mol. The van der Waals surface area contributed by atoms with Gasteiger partial charge in [0.15, 0.2) is 0 Å². The maximum Gasteiger partial charge on any atom is 0.326 e. The summed E-state index contributed by atoms with van der Waals surface area (Å²) in [5, 5.41) is 9.13. The van der Waals surface area contributed by atoms with Crippen LogP contribution in [-0.4, -0.2) is 23.7 Å². The molecule has 2 aromatic rings. The van der Waals surface area contributed by atoms with Gasteiger partial charge in [-0.25, -0.2) is 4.79 Å². The van der Waals surface area contributed by atoms with E-state index < -0.39 is 12.0 Å². The fourth-order valence-electron chi connectivity index (χ4n) is 2.14. The summed E-state index contributed by atoms with van der Waals surface area (Å²) in [6, 6.07) is 16.4. The summed E-state index contributed by atoms with van der Waals surface area (Å²) < 4.78 is 5.72. The number of benzene rings is 2. The predicted octanol–water partition coefficient (Wildman–Crippen LogP) is 3.78. The van der Waals surface area contributed by atoms with Gasteiger partial charge in [-0.3, -0.25) is 0 Å². The van der Waals surface area contributed by atoms with Crippen molar-refractivity contribution in [3.05, 3.63) is 54.6 Å². The van der Waals surface area contributed by atoms with Crippen LogP contribution >= 0.6 is 0 Å². The van der Waals surface area contributed by atoms with E-state index in [9.17, 15) is 4.79 Å². The van der Waals surface area contributed by atoms with Crippen molar-refractivity contribution in [1.29, 1.82) is 0 Å². The molecular formula is C17H19NO3. The van der Waals surface area contributed by atoms with Crippen LogP contribution in [0.4, 0.5) is 5.69 Å². The number of carboxylic acids is 1. The third kappa shape index (κ3) is 3.75. The number of nitrogens with zero attached hydrogens (tertiary/aromatic N) is 1. The Labute approximate surface area is 124 Å². The van der Waals surface area contributed by atoms with Gasteiger partial charge in [0, 0.05) is 12.2 Å². The SMILES string of the molecule is CCN(c1ccc(Oc2ccccc2)cc1)[C@@H](C)C(=O)O. The molecule has 0 radical (unpaired) electrons. The van der Waals surface area contributed by atoms with Crippen molar-refractivity contribution in [2.24, 2.45) is 0 Å². The van der Waals surface area contributed by atoms with Crippen molar-refractivity contribution >= 4 is 11.7 Å². The second-order valence-electron chi connectivity index (χ2n) is 4.71. The first-order valence-corrected chi connectivity index (χ1v) is 6.94. The number of hydrogen-bond donors (Lipinski definition) is 1. The van der Waals surface area contributed by atoms with Gasteiger partial charge in [-0.2, -0.15) is 0 Å². The maximum absolute atomic E-state index is 11.1. The van der Waals surface area contributed by atoms with Gasteiger partial charge in [0.05, 0.1) is 0 Å². The van der Waals surface area contributed by atoms with Gasteiger partial charge in [-0.15, -0.1) is 0 Å². The van der Waals surface area contributed by atoms with Gasteiger partial charge in [-0.05, 0) is 50.2 Å². The Morgan fingerprint density at radius 2 is 1.67 bits per heavy atom. The minimum atomic E-state index is -0.832. The first-order valence-electron chi connectivity index (χ1n) is 6.94. The summed E-state index contributed by atoms with van der Waals surface area (Å²) >= 11 is 0. The van der Waals surface area contributed by atoms with E-state index in [-0.39, 0.29) is 0 Å². The van der Waals surface area contributed by atoms with Crippen LogP contribution in [0.2, 0.25) is 0 Å². The zero-order chi connectivity index (χ0) is 15.2. The normalized spacial score (nSPS) is 11.7.